The van der Waals surface area contributed by atoms with Crippen molar-refractivity contribution >= 4 is 11.6 Å². The number of rotatable bonds is 5. The molecule has 5 nitrogen and oxygen atoms in total. The molecule has 0 radical (unpaired) electrons. The van der Waals surface area contributed by atoms with Crippen molar-refractivity contribution in [2.75, 3.05) is 18.4 Å². The van der Waals surface area contributed by atoms with Gasteiger partial charge in [-0.05, 0) is 24.7 Å². The van der Waals surface area contributed by atoms with E-state index in [2.05, 4.69) is 15.6 Å². The standard InChI is InChI=1S/C13H16N4O/c1-2-14-9-13(18)16-11-4-3-5-12(8-11)17-7-6-15-10-17/h3-8,10,14H,2,9H2,1H3,(H,16,18). The second-order valence-electron chi connectivity index (χ2n) is 3.85. The molecule has 0 saturated heterocycles. The summed E-state index contributed by atoms with van der Waals surface area (Å²) in [5.74, 6) is -0.0420. The number of imidazole rings is 1. The molecule has 0 atom stereocenters. The number of hydrogen-bond acceptors (Lipinski definition) is 3. The summed E-state index contributed by atoms with van der Waals surface area (Å²) in [4.78, 5) is 15.6. The number of carbonyl (C=O) groups excluding carboxylic acids is 1. The molecule has 0 fully saturated rings. The van der Waals surface area contributed by atoms with Crippen LogP contribution in [0.4, 0.5) is 5.69 Å². The van der Waals surface area contributed by atoms with Gasteiger partial charge in [-0.15, -0.1) is 0 Å². The maximum absolute atomic E-state index is 11.6. The third-order valence-electron chi connectivity index (χ3n) is 2.47. The molecule has 0 aliphatic heterocycles. The van der Waals surface area contributed by atoms with Crippen LogP contribution in [0.25, 0.3) is 5.69 Å². The molecule has 0 saturated carbocycles. The molecule has 0 spiro atoms. The monoisotopic (exact) mass is 244 g/mol. The van der Waals surface area contributed by atoms with Gasteiger partial charge in [0.15, 0.2) is 0 Å². The van der Waals surface area contributed by atoms with E-state index in [0.717, 1.165) is 17.9 Å². The van der Waals surface area contributed by atoms with Crippen LogP contribution in [-0.2, 0) is 4.79 Å². The van der Waals surface area contributed by atoms with E-state index >= 15 is 0 Å². The molecule has 94 valence electrons. The third kappa shape index (κ3) is 3.18. The number of nitrogens with one attached hydrogen (secondary N) is 2. The molecule has 18 heavy (non-hydrogen) atoms. The second kappa shape index (κ2) is 5.97. The molecule has 5 heteroatoms. The predicted molar refractivity (Wildman–Crippen MR) is 70.7 cm³/mol. The van der Waals surface area contributed by atoms with E-state index in [1.54, 1.807) is 12.5 Å². The lowest BCUT2D eigenvalue weighted by molar-refractivity contribution is -0.115. The molecular formula is C13H16N4O. The zero-order chi connectivity index (χ0) is 12.8. The largest absolute Gasteiger partial charge is 0.325 e. The summed E-state index contributed by atoms with van der Waals surface area (Å²) in [5, 5.41) is 5.83. The third-order valence-corrected chi connectivity index (χ3v) is 2.47. The van der Waals surface area contributed by atoms with Crippen LogP contribution in [0.3, 0.4) is 0 Å². The second-order valence-corrected chi connectivity index (χ2v) is 3.85. The highest BCUT2D eigenvalue weighted by atomic mass is 16.1. The van der Waals surface area contributed by atoms with Gasteiger partial charge in [0.05, 0.1) is 12.9 Å². The van der Waals surface area contributed by atoms with E-state index in [1.165, 1.54) is 0 Å². The fraction of sp³-hybridized carbons (Fsp3) is 0.231. The summed E-state index contributed by atoms with van der Waals surface area (Å²) >= 11 is 0. The first kappa shape index (κ1) is 12.3. The van der Waals surface area contributed by atoms with Gasteiger partial charge in [-0.3, -0.25) is 4.79 Å². The summed E-state index contributed by atoms with van der Waals surface area (Å²) in [6, 6.07) is 7.63. The van der Waals surface area contributed by atoms with Gasteiger partial charge in [0.2, 0.25) is 5.91 Å². The Labute approximate surface area is 106 Å². The fourth-order valence-corrected chi connectivity index (χ4v) is 1.60. The summed E-state index contributed by atoms with van der Waals surface area (Å²) < 4.78 is 1.89. The number of hydrogen-bond donors (Lipinski definition) is 2. The fourth-order valence-electron chi connectivity index (χ4n) is 1.60. The maximum atomic E-state index is 11.6. The Balaban J connectivity index is 2.06. The van der Waals surface area contributed by atoms with Crippen molar-refractivity contribution in [2.24, 2.45) is 0 Å². The number of aromatic nitrogens is 2. The van der Waals surface area contributed by atoms with Crippen LogP contribution in [-0.4, -0.2) is 28.5 Å². The van der Waals surface area contributed by atoms with E-state index in [9.17, 15) is 4.79 Å². The molecule has 2 aromatic rings. The number of carbonyl (C=O) groups is 1. The molecular weight excluding hydrogens is 228 g/mol. The number of amides is 1. The van der Waals surface area contributed by atoms with Gasteiger partial charge in [0.1, 0.15) is 0 Å². The van der Waals surface area contributed by atoms with E-state index in [0.29, 0.717) is 6.54 Å². The minimum absolute atomic E-state index is 0.0420. The van der Waals surface area contributed by atoms with Crippen LogP contribution in [0.2, 0.25) is 0 Å². The van der Waals surface area contributed by atoms with Crippen LogP contribution >= 0.6 is 0 Å². The van der Waals surface area contributed by atoms with Crippen molar-refractivity contribution in [3.8, 4) is 5.69 Å². The highest BCUT2D eigenvalue weighted by molar-refractivity contribution is 5.92. The van der Waals surface area contributed by atoms with Crippen molar-refractivity contribution in [3.63, 3.8) is 0 Å². The van der Waals surface area contributed by atoms with E-state index in [-0.39, 0.29) is 5.91 Å². The lowest BCUT2D eigenvalue weighted by Gasteiger charge is -2.08. The van der Waals surface area contributed by atoms with Crippen molar-refractivity contribution < 1.29 is 4.79 Å². The Bertz CT molecular complexity index is 507. The topological polar surface area (TPSA) is 59.0 Å². The maximum Gasteiger partial charge on any atom is 0.238 e. The average Bonchev–Trinajstić information content (AvgIpc) is 2.90. The Hall–Kier alpha value is -2.14. The molecule has 0 bridgehead atoms. The molecule has 0 aliphatic rings. The molecule has 1 aromatic heterocycles. The van der Waals surface area contributed by atoms with Crippen molar-refractivity contribution in [2.45, 2.75) is 6.92 Å². The average molecular weight is 244 g/mol. The van der Waals surface area contributed by atoms with Crippen LogP contribution < -0.4 is 10.6 Å². The van der Waals surface area contributed by atoms with Gasteiger partial charge in [0, 0.05) is 23.8 Å². The smallest absolute Gasteiger partial charge is 0.238 e. The van der Waals surface area contributed by atoms with Crippen LogP contribution in [0.1, 0.15) is 6.92 Å². The van der Waals surface area contributed by atoms with Crippen LogP contribution in [0, 0.1) is 0 Å². The number of anilines is 1. The first-order chi connectivity index (χ1) is 8.79. The van der Waals surface area contributed by atoms with E-state index in [4.69, 9.17) is 0 Å². The number of benzene rings is 1. The lowest BCUT2D eigenvalue weighted by atomic mass is 10.2. The summed E-state index contributed by atoms with van der Waals surface area (Å²) in [5.41, 5.74) is 1.75. The molecule has 1 heterocycles. The van der Waals surface area contributed by atoms with Crippen LogP contribution in [0.5, 0.6) is 0 Å². The normalized spacial score (nSPS) is 10.3. The summed E-state index contributed by atoms with van der Waals surface area (Å²) in [7, 11) is 0. The first-order valence-electron chi connectivity index (χ1n) is 5.88. The van der Waals surface area contributed by atoms with E-state index in [1.807, 2.05) is 42.0 Å². The molecule has 0 unspecified atom stereocenters. The zero-order valence-electron chi connectivity index (χ0n) is 10.3. The summed E-state index contributed by atoms with van der Waals surface area (Å²) in [6.07, 6.45) is 5.30. The Morgan fingerprint density at radius 1 is 1.44 bits per heavy atom. The molecule has 2 N–H and O–H groups in total. The summed E-state index contributed by atoms with van der Waals surface area (Å²) in [6.45, 7) is 3.07. The number of likely N-dealkylation sites (N-methyl/N-ethyl adjacent to an activating group) is 1. The SMILES string of the molecule is CCNCC(=O)Nc1cccc(-n2ccnc2)c1. The highest BCUT2D eigenvalue weighted by Gasteiger charge is 2.02. The van der Waals surface area contributed by atoms with Gasteiger partial charge in [-0.25, -0.2) is 4.98 Å². The van der Waals surface area contributed by atoms with Gasteiger partial charge in [-0.2, -0.15) is 0 Å². The van der Waals surface area contributed by atoms with Crippen LogP contribution in [0.15, 0.2) is 43.0 Å². The van der Waals surface area contributed by atoms with Crippen molar-refractivity contribution in [1.29, 1.82) is 0 Å². The van der Waals surface area contributed by atoms with E-state index < -0.39 is 0 Å². The molecule has 0 aliphatic carbocycles. The minimum Gasteiger partial charge on any atom is -0.325 e. The molecule has 1 amide bonds. The Kier molecular flexibility index (Phi) is 4.09. The molecule has 2 rings (SSSR count). The van der Waals surface area contributed by atoms with Gasteiger partial charge in [-0.1, -0.05) is 13.0 Å². The van der Waals surface area contributed by atoms with Gasteiger partial charge < -0.3 is 15.2 Å². The number of nitrogens with zero attached hydrogens (tertiary/aromatic N) is 2. The van der Waals surface area contributed by atoms with Crippen molar-refractivity contribution in [1.82, 2.24) is 14.9 Å². The Morgan fingerprint density at radius 2 is 2.33 bits per heavy atom. The molecule has 1 aromatic carbocycles. The quantitative estimate of drug-likeness (QED) is 0.836. The van der Waals surface area contributed by atoms with Gasteiger partial charge in [0.25, 0.3) is 0 Å². The zero-order valence-corrected chi connectivity index (χ0v) is 10.3. The first-order valence-corrected chi connectivity index (χ1v) is 5.88. The predicted octanol–water partition coefficient (Wildman–Crippen LogP) is 1.42. The lowest BCUT2D eigenvalue weighted by Crippen LogP contribution is -2.27. The van der Waals surface area contributed by atoms with Gasteiger partial charge >= 0.3 is 0 Å². The Morgan fingerprint density at radius 3 is 3.06 bits per heavy atom. The highest BCUT2D eigenvalue weighted by Crippen LogP contribution is 2.14. The minimum atomic E-state index is -0.0420. The van der Waals surface area contributed by atoms with Crippen molar-refractivity contribution in [3.05, 3.63) is 43.0 Å².